The highest BCUT2D eigenvalue weighted by atomic mass is 35.5. The van der Waals surface area contributed by atoms with E-state index >= 15 is 0 Å². The maximum absolute atomic E-state index is 13.2. The average molecular weight is 218 g/mol. The highest BCUT2D eigenvalue weighted by molar-refractivity contribution is 5.85. The van der Waals surface area contributed by atoms with E-state index in [0.717, 1.165) is 19.6 Å². The molecule has 2 heterocycles. The molecule has 14 heavy (non-hydrogen) atoms. The third kappa shape index (κ3) is 2.41. The van der Waals surface area contributed by atoms with Crippen LogP contribution in [0.4, 0.5) is 4.39 Å². The average Bonchev–Trinajstić information content (AvgIpc) is 2.20. The Labute approximate surface area is 88.5 Å². The van der Waals surface area contributed by atoms with Crippen molar-refractivity contribution in [3.8, 4) is 0 Å². The van der Waals surface area contributed by atoms with E-state index in [9.17, 15) is 4.39 Å². The van der Waals surface area contributed by atoms with E-state index in [1.807, 2.05) is 0 Å². The van der Waals surface area contributed by atoms with Crippen LogP contribution in [-0.2, 0) is 0 Å². The predicted octanol–water partition coefficient (Wildman–Crippen LogP) is 0.876. The summed E-state index contributed by atoms with van der Waals surface area (Å²) in [6, 6.07) is 3.59. The lowest BCUT2D eigenvalue weighted by Gasteiger charge is -2.24. The first-order valence-electron chi connectivity index (χ1n) is 4.42. The molecule has 0 spiro atoms. The summed E-state index contributed by atoms with van der Waals surface area (Å²) >= 11 is 0. The van der Waals surface area contributed by atoms with E-state index < -0.39 is 0 Å². The van der Waals surface area contributed by atoms with E-state index in [0.29, 0.717) is 5.56 Å². The van der Waals surface area contributed by atoms with E-state index in [2.05, 4.69) is 15.6 Å². The van der Waals surface area contributed by atoms with Gasteiger partial charge in [-0.05, 0) is 6.07 Å². The van der Waals surface area contributed by atoms with E-state index in [-0.39, 0.29) is 24.4 Å². The molecule has 0 amide bonds. The minimum Gasteiger partial charge on any atom is -0.314 e. The van der Waals surface area contributed by atoms with Gasteiger partial charge in [0.1, 0.15) is 0 Å². The number of hydrogen-bond acceptors (Lipinski definition) is 3. The standard InChI is InChI=1S/C9H12FN3.ClH/c10-9-7(2-1-3-13-9)8-6-11-4-5-12-8;/h1-3,8,11-12H,4-6H2;1H/t8-;/m0./s1. The van der Waals surface area contributed by atoms with Gasteiger partial charge in [0.05, 0.1) is 0 Å². The predicted molar refractivity (Wildman–Crippen MR) is 55.1 cm³/mol. The molecule has 2 N–H and O–H groups in total. The van der Waals surface area contributed by atoms with Crippen LogP contribution >= 0.6 is 12.4 Å². The second kappa shape index (κ2) is 5.24. The lowest BCUT2D eigenvalue weighted by molar-refractivity contribution is 0.411. The van der Waals surface area contributed by atoms with E-state index in [4.69, 9.17) is 0 Å². The monoisotopic (exact) mass is 217 g/mol. The molecular weight excluding hydrogens is 205 g/mol. The summed E-state index contributed by atoms with van der Waals surface area (Å²) in [7, 11) is 0. The Morgan fingerprint density at radius 1 is 1.43 bits per heavy atom. The molecule has 1 fully saturated rings. The number of hydrogen-bond donors (Lipinski definition) is 2. The number of pyridine rings is 1. The first-order valence-corrected chi connectivity index (χ1v) is 4.42. The second-order valence-electron chi connectivity index (χ2n) is 3.09. The Hall–Kier alpha value is -0.710. The summed E-state index contributed by atoms with van der Waals surface area (Å²) in [5, 5.41) is 6.44. The summed E-state index contributed by atoms with van der Waals surface area (Å²) in [4.78, 5) is 3.62. The lowest BCUT2D eigenvalue weighted by atomic mass is 10.1. The molecule has 0 radical (unpaired) electrons. The van der Waals surface area contributed by atoms with Crippen molar-refractivity contribution in [1.82, 2.24) is 15.6 Å². The van der Waals surface area contributed by atoms with Crippen molar-refractivity contribution in [2.24, 2.45) is 0 Å². The number of piperazine rings is 1. The largest absolute Gasteiger partial charge is 0.314 e. The molecule has 0 aliphatic carbocycles. The van der Waals surface area contributed by atoms with E-state index in [1.54, 1.807) is 12.1 Å². The third-order valence-corrected chi connectivity index (χ3v) is 2.20. The summed E-state index contributed by atoms with van der Waals surface area (Å²) in [6.07, 6.45) is 1.47. The maximum atomic E-state index is 13.2. The molecule has 1 aromatic heterocycles. The van der Waals surface area contributed by atoms with Gasteiger partial charge in [-0.3, -0.25) is 0 Å². The zero-order valence-electron chi connectivity index (χ0n) is 7.66. The van der Waals surface area contributed by atoms with Gasteiger partial charge in [-0.15, -0.1) is 12.4 Å². The number of nitrogens with one attached hydrogen (secondary N) is 2. The Morgan fingerprint density at radius 3 is 2.93 bits per heavy atom. The van der Waals surface area contributed by atoms with Crippen LogP contribution in [0.15, 0.2) is 18.3 Å². The van der Waals surface area contributed by atoms with Crippen molar-refractivity contribution in [2.75, 3.05) is 19.6 Å². The van der Waals surface area contributed by atoms with Crippen molar-refractivity contribution in [2.45, 2.75) is 6.04 Å². The van der Waals surface area contributed by atoms with Crippen molar-refractivity contribution in [3.05, 3.63) is 29.8 Å². The fourth-order valence-electron chi connectivity index (χ4n) is 1.53. The fourth-order valence-corrected chi connectivity index (χ4v) is 1.53. The fraction of sp³-hybridized carbons (Fsp3) is 0.444. The first-order chi connectivity index (χ1) is 6.38. The van der Waals surface area contributed by atoms with Crippen LogP contribution in [0.3, 0.4) is 0 Å². The molecule has 1 saturated heterocycles. The number of aromatic nitrogens is 1. The highest BCUT2D eigenvalue weighted by Crippen LogP contribution is 2.14. The normalized spacial score (nSPS) is 21.4. The molecular formula is C9H13ClFN3. The smallest absolute Gasteiger partial charge is 0.217 e. The molecule has 5 heteroatoms. The Bertz CT molecular complexity index is 289. The van der Waals surface area contributed by atoms with Gasteiger partial charge in [-0.1, -0.05) is 6.07 Å². The zero-order valence-corrected chi connectivity index (χ0v) is 8.48. The quantitative estimate of drug-likeness (QED) is 0.686. The van der Waals surface area contributed by atoms with Gasteiger partial charge in [0.15, 0.2) is 0 Å². The van der Waals surface area contributed by atoms with Gasteiger partial charge >= 0.3 is 0 Å². The summed E-state index contributed by atoms with van der Waals surface area (Å²) < 4.78 is 13.2. The Kier molecular flexibility index (Phi) is 4.25. The van der Waals surface area contributed by atoms with Gasteiger partial charge in [0, 0.05) is 37.4 Å². The maximum Gasteiger partial charge on any atom is 0.217 e. The molecule has 2 rings (SSSR count). The minimum atomic E-state index is -0.372. The molecule has 0 unspecified atom stereocenters. The molecule has 1 aliphatic rings. The third-order valence-electron chi connectivity index (χ3n) is 2.20. The number of rotatable bonds is 1. The van der Waals surface area contributed by atoms with E-state index in [1.165, 1.54) is 6.20 Å². The molecule has 0 bridgehead atoms. The van der Waals surface area contributed by atoms with Crippen LogP contribution in [0.5, 0.6) is 0 Å². The zero-order chi connectivity index (χ0) is 9.10. The van der Waals surface area contributed by atoms with Crippen LogP contribution in [0.1, 0.15) is 11.6 Å². The second-order valence-corrected chi connectivity index (χ2v) is 3.09. The molecule has 1 atom stereocenters. The first kappa shape index (κ1) is 11.4. The van der Waals surface area contributed by atoms with Crippen molar-refractivity contribution < 1.29 is 4.39 Å². The molecule has 1 aliphatic heterocycles. The Morgan fingerprint density at radius 2 is 2.29 bits per heavy atom. The van der Waals surface area contributed by atoms with Gasteiger partial charge in [0.2, 0.25) is 5.95 Å². The van der Waals surface area contributed by atoms with Crippen LogP contribution in [0, 0.1) is 5.95 Å². The minimum absolute atomic E-state index is 0. The van der Waals surface area contributed by atoms with Gasteiger partial charge in [-0.2, -0.15) is 4.39 Å². The summed E-state index contributed by atoms with van der Waals surface area (Å²) in [6.45, 7) is 2.58. The van der Waals surface area contributed by atoms with Crippen molar-refractivity contribution >= 4 is 12.4 Å². The van der Waals surface area contributed by atoms with Crippen LogP contribution < -0.4 is 10.6 Å². The summed E-state index contributed by atoms with van der Waals surface area (Å²) in [5.41, 5.74) is 0.648. The molecule has 3 nitrogen and oxygen atoms in total. The molecule has 1 aromatic rings. The van der Waals surface area contributed by atoms with Crippen LogP contribution in [0.25, 0.3) is 0 Å². The van der Waals surface area contributed by atoms with Gasteiger partial charge < -0.3 is 10.6 Å². The SMILES string of the molecule is Cl.Fc1ncccc1[C@@H]1CNCCN1. The van der Waals surface area contributed by atoms with Crippen LogP contribution in [-0.4, -0.2) is 24.6 Å². The van der Waals surface area contributed by atoms with Crippen LogP contribution in [0.2, 0.25) is 0 Å². The van der Waals surface area contributed by atoms with Gasteiger partial charge in [0.25, 0.3) is 0 Å². The van der Waals surface area contributed by atoms with Crippen molar-refractivity contribution in [1.29, 1.82) is 0 Å². The molecule has 0 saturated carbocycles. The topological polar surface area (TPSA) is 37.0 Å². The molecule has 78 valence electrons. The van der Waals surface area contributed by atoms with Gasteiger partial charge in [-0.25, -0.2) is 4.98 Å². The summed E-state index contributed by atoms with van der Waals surface area (Å²) in [5.74, 6) is -0.372. The van der Waals surface area contributed by atoms with Crippen molar-refractivity contribution in [3.63, 3.8) is 0 Å². The molecule has 0 aromatic carbocycles. The number of halogens is 2. The lowest BCUT2D eigenvalue weighted by Crippen LogP contribution is -2.43. The number of nitrogens with zero attached hydrogens (tertiary/aromatic N) is 1. The highest BCUT2D eigenvalue weighted by Gasteiger charge is 2.17. The Balaban J connectivity index is 0.000000980.